The molecule has 4 aromatic carbocycles. The van der Waals surface area contributed by atoms with Crippen molar-refractivity contribution in [2.24, 2.45) is 19.1 Å². The normalized spacial score (nSPS) is 15.2. The summed E-state index contributed by atoms with van der Waals surface area (Å²) in [5, 5.41) is 16.1. The van der Waals surface area contributed by atoms with Crippen molar-refractivity contribution in [2.45, 2.75) is 47.0 Å². The highest BCUT2D eigenvalue weighted by Gasteiger charge is 2.26. The number of hydrogen-bond donors (Lipinski definition) is 1. The van der Waals surface area contributed by atoms with Gasteiger partial charge in [-0.05, 0) is 121 Å². The lowest BCUT2D eigenvalue weighted by Crippen LogP contribution is -2.38. The summed E-state index contributed by atoms with van der Waals surface area (Å²) in [6.07, 6.45) is 10.4. The van der Waals surface area contributed by atoms with Gasteiger partial charge in [0, 0.05) is 38.2 Å². The first kappa shape index (κ1) is 34.2. The summed E-state index contributed by atoms with van der Waals surface area (Å²) in [6, 6.07) is 25.1. The Morgan fingerprint density at radius 2 is 1.48 bits per heavy atom. The average molecular weight is 665 g/mol. The van der Waals surface area contributed by atoms with Crippen molar-refractivity contribution in [1.29, 1.82) is 0 Å². The van der Waals surface area contributed by atoms with Gasteiger partial charge in [0.15, 0.2) is 0 Å². The molecule has 5 aromatic rings. The number of hydrogen-bond acceptors (Lipinski definition) is 5. The maximum atomic E-state index is 13.7. The van der Waals surface area contributed by atoms with E-state index in [4.69, 9.17) is 4.99 Å². The molecule has 1 aliphatic carbocycles. The lowest BCUT2D eigenvalue weighted by molar-refractivity contribution is 0.409. The molecule has 1 heterocycles. The number of aryl methyl sites for hydroxylation is 2. The molecule has 0 fully saturated rings. The second-order valence-electron chi connectivity index (χ2n) is 13.2. The van der Waals surface area contributed by atoms with E-state index in [-0.39, 0.29) is 11.4 Å². The number of anilines is 1. The molecule has 1 aliphatic rings. The third kappa shape index (κ3) is 6.39. The molecule has 254 valence electrons. The number of fused-ring (bicyclic) bond motifs is 2. The molecule has 6 rings (SSSR count). The molecule has 0 saturated heterocycles. The minimum atomic E-state index is -0.577. The quantitative estimate of drug-likeness (QED) is 0.176. The Morgan fingerprint density at radius 3 is 2.18 bits per heavy atom. The van der Waals surface area contributed by atoms with Crippen LogP contribution in [-0.4, -0.2) is 27.0 Å². The zero-order valence-electron chi connectivity index (χ0n) is 29.9. The first-order chi connectivity index (χ1) is 24.0. The predicted molar refractivity (Wildman–Crippen MR) is 209 cm³/mol. The van der Waals surface area contributed by atoms with Gasteiger partial charge in [-0.25, -0.2) is 4.79 Å². The summed E-state index contributed by atoms with van der Waals surface area (Å²) in [4.78, 5) is 33.5. The van der Waals surface area contributed by atoms with Crippen molar-refractivity contribution in [2.75, 3.05) is 11.9 Å². The van der Waals surface area contributed by atoms with Gasteiger partial charge in [0.05, 0.1) is 5.69 Å². The van der Waals surface area contributed by atoms with Gasteiger partial charge in [0.1, 0.15) is 5.56 Å². The Morgan fingerprint density at radius 1 is 0.840 bits per heavy atom. The lowest BCUT2D eigenvalue weighted by atomic mass is 9.83. The molecule has 0 saturated carbocycles. The molecule has 7 nitrogen and oxygen atoms in total. The maximum Gasteiger partial charge on any atom is 0.333 e. The summed E-state index contributed by atoms with van der Waals surface area (Å²) in [5.74, 6) is -0.339. The predicted octanol–water partition coefficient (Wildman–Crippen LogP) is 8.97. The Kier molecular flexibility index (Phi) is 9.60. The molecule has 1 aromatic heterocycles. The summed E-state index contributed by atoms with van der Waals surface area (Å²) in [5.41, 5.74) is 7.67. The van der Waals surface area contributed by atoms with Gasteiger partial charge in [0.2, 0.25) is 5.88 Å². The summed E-state index contributed by atoms with van der Waals surface area (Å²) in [7, 11) is 4.99. The fraction of sp³-hybridized carbons (Fsp3) is 0.233. The standard InChI is InChI=1S/C43H44N4O3/c1-27(44-37-25-23-31-13-8-10-17-35(31)29(37)3)19-21-33-15-12-16-34(39(33)40-41(48)46(6)43(50)47(7)42(40)49)22-20-28(2)45(5)38-26-24-32-14-9-11-18-36(32)30(38)4/h8-11,13-14,17-26,48H,12,15-16H2,1-7H3/b21-19+,28-20+,34-22+,44-27+. The van der Waals surface area contributed by atoms with Crippen LogP contribution in [0.15, 0.2) is 129 Å². The van der Waals surface area contributed by atoms with Crippen LogP contribution in [0, 0.1) is 13.8 Å². The van der Waals surface area contributed by atoms with Crippen LogP contribution < -0.4 is 16.1 Å². The topological polar surface area (TPSA) is 79.8 Å². The largest absolute Gasteiger partial charge is 0.494 e. The van der Waals surface area contributed by atoms with Crippen LogP contribution in [0.4, 0.5) is 11.4 Å². The summed E-state index contributed by atoms with van der Waals surface area (Å²) in [6.45, 7) is 8.26. The molecule has 0 unspecified atom stereocenters. The number of rotatable bonds is 7. The molecule has 0 aliphatic heterocycles. The molecule has 1 N–H and O–H groups in total. The van der Waals surface area contributed by atoms with Gasteiger partial charge < -0.3 is 10.0 Å². The van der Waals surface area contributed by atoms with Crippen LogP contribution in [0.2, 0.25) is 0 Å². The van der Waals surface area contributed by atoms with E-state index in [9.17, 15) is 14.7 Å². The summed E-state index contributed by atoms with van der Waals surface area (Å²) >= 11 is 0. The van der Waals surface area contributed by atoms with E-state index in [1.807, 2.05) is 43.4 Å². The average Bonchev–Trinajstić information content (AvgIpc) is 3.13. The molecular formula is C43H44N4O3. The van der Waals surface area contributed by atoms with Crippen LogP contribution in [0.3, 0.4) is 0 Å². The minimum Gasteiger partial charge on any atom is -0.494 e. The van der Waals surface area contributed by atoms with Crippen LogP contribution in [0.25, 0.3) is 27.1 Å². The van der Waals surface area contributed by atoms with Gasteiger partial charge in [-0.2, -0.15) is 0 Å². The van der Waals surface area contributed by atoms with Gasteiger partial charge in [0.25, 0.3) is 5.56 Å². The smallest absolute Gasteiger partial charge is 0.333 e. The number of nitrogens with zero attached hydrogens (tertiary/aromatic N) is 4. The Bertz CT molecular complexity index is 2440. The third-order valence-corrected chi connectivity index (χ3v) is 10.00. The fourth-order valence-corrected chi connectivity index (χ4v) is 6.92. The van der Waals surface area contributed by atoms with Crippen molar-refractivity contribution in [3.8, 4) is 5.88 Å². The van der Waals surface area contributed by atoms with Gasteiger partial charge in [-0.3, -0.25) is 18.9 Å². The second-order valence-corrected chi connectivity index (χ2v) is 13.2. The Labute approximate surface area is 293 Å². The van der Waals surface area contributed by atoms with Crippen LogP contribution in [-0.2, 0) is 14.1 Å². The van der Waals surface area contributed by atoms with E-state index >= 15 is 0 Å². The third-order valence-electron chi connectivity index (χ3n) is 10.00. The number of benzene rings is 4. The van der Waals surface area contributed by atoms with Crippen molar-refractivity contribution < 1.29 is 5.11 Å². The minimum absolute atomic E-state index is 0.130. The molecule has 50 heavy (non-hydrogen) atoms. The highest BCUT2D eigenvalue weighted by Crippen LogP contribution is 2.39. The highest BCUT2D eigenvalue weighted by molar-refractivity contribution is 5.98. The molecule has 7 heteroatoms. The van der Waals surface area contributed by atoms with Gasteiger partial charge in [-0.1, -0.05) is 72.8 Å². The monoisotopic (exact) mass is 664 g/mol. The highest BCUT2D eigenvalue weighted by atomic mass is 16.3. The number of allylic oxidation sites excluding steroid dienone is 8. The van der Waals surface area contributed by atoms with E-state index in [2.05, 4.69) is 93.4 Å². The molecule has 0 atom stereocenters. The molecule has 0 radical (unpaired) electrons. The van der Waals surface area contributed by atoms with E-state index in [0.29, 0.717) is 18.4 Å². The first-order valence-corrected chi connectivity index (χ1v) is 17.0. The Balaban J connectivity index is 1.44. The van der Waals surface area contributed by atoms with Gasteiger partial charge in [-0.15, -0.1) is 0 Å². The zero-order valence-corrected chi connectivity index (χ0v) is 29.9. The van der Waals surface area contributed by atoms with E-state index in [0.717, 1.165) is 55.0 Å². The van der Waals surface area contributed by atoms with Crippen LogP contribution >= 0.6 is 0 Å². The fourth-order valence-electron chi connectivity index (χ4n) is 6.92. The lowest BCUT2D eigenvalue weighted by Gasteiger charge is -2.25. The van der Waals surface area contributed by atoms with Crippen LogP contribution in [0.5, 0.6) is 5.88 Å². The van der Waals surface area contributed by atoms with Crippen LogP contribution in [0.1, 0.15) is 49.8 Å². The number of aromatic nitrogens is 2. The van der Waals surface area contributed by atoms with Crippen molar-refractivity contribution in [1.82, 2.24) is 9.13 Å². The van der Waals surface area contributed by atoms with E-state index in [1.165, 1.54) is 41.2 Å². The second kappa shape index (κ2) is 14.0. The molecule has 0 bridgehead atoms. The maximum absolute atomic E-state index is 13.7. The van der Waals surface area contributed by atoms with Crippen molar-refractivity contribution in [3.63, 3.8) is 0 Å². The van der Waals surface area contributed by atoms with Crippen molar-refractivity contribution >= 4 is 44.2 Å². The molecular weight excluding hydrogens is 620 g/mol. The van der Waals surface area contributed by atoms with E-state index in [1.54, 1.807) is 0 Å². The first-order valence-electron chi connectivity index (χ1n) is 17.0. The summed E-state index contributed by atoms with van der Waals surface area (Å²) < 4.78 is 2.19. The molecule has 0 amide bonds. The SMILES string of the molecule is C/C(=C\C=C1/CCCC(/C=C/C(C)=N/c2ccc3ccccc3c2C)=C1c1c(O)n(C)c(=O)n(C)c1=O)N(C)c1ccc2ccccc2c1C. The van der Waals surface area contributed by atoms with Crippen molar-refractivity contribution in [3.05, 3.63) is 151 Å². The number of aromatic hydroxyl groups is 1. The van der Waals surface area contributed by atoms with Gasteiger partial charge >= 0.3 is 5.69 Å². The Hall–Kier alpha value is -5.69. The van der Waals surface area contributed by atoms with E-state index < -0.39 is 11.2 Å². The number of aliphatic imine (C=N–C) groups is 1. The molecule has 0 spiro atoms. The zero-order chi connectivity index (χ0) is 35.7.